The minimum atomic E-state index is -0.661. The molecule has 2 rings (SSSR count). The van der Waals surface area contributed by atoms with Crippen LogP contribution < -0.4 is 10.8 Å². The molecule has 2 amide bonds. The third kappa shape index (κ3) is 6.60. The first-order chi connectivity index (χ1) is 12.2. The van der Waals surface area contributed by atoms with Crippen molar-refractivity contribution >= 4 is 17.7 Å². The predicted molar refractivity (Wildman–Crippen MR) is 92.6 cm³/mol. The van der Waals surface area contributed by atoms with E-state index in [1.54, 1.807) is 24.3 Å². The van der Waals surface area contributed by atoms with Gasteiger partial charge in [0.2, 0.25) is 0 Å². The topological polar surface area (TPSA) is 87.7 Å². The van der Waals surface area contributed by atoms with E-state index in [9.17, 15) is 9.59 Å². The molecule has 0 unspecified atom stereocenters. The maximum Gasteiger partial charge on any atom is 0.411 e. The van der Waals surface area contributed by atoms with Gasteiger partial charge in [-0.1, -0.05) is 48.2 Å². The summed E-state index contributed by atoms with van der Waals surface area (Å²) in [6, 6.07) is 16.3. The lowest BCUT2D eigenvalue weighted by molar-refractivity contribution is -0.124. The number of carbonyl (C=O) groups excluding carboxylic acids is 2. The fraction of sp³-hybridized carbons (Fsp3) is 0.0526. The highest BCUT2D eigenvalue weighted by Gasteiger charge is 2.03. The third-order valence-electron chi connectivity index (χ3n) is 2.97. The molecular formula is C19H16N2O4. The van der Waals surface area contributed by atoms with Crippen LogP contribution in [0.5, 0.6) is 0 Å². The highest BCUT2D eigenvalue weighted by molar-refractivity contribution is 5.87. The molecule has 0 spiro atoms. The van der Waals surface area contributed by atoms with Gasteiger partial charge in [0.15, 0.2) is 0 Å². The lowest BCUT2D eigenvalue weighted by Crippen LogP contribution is -2.14. The first-order valence-corrected chi connectivity index (χ1v) is 7.37. The van der Waals surface area contributed by atoms with Gasteiger partial charge in [0, 0.05) is 17.3 Å². The highest BCUT2D eigenvalue weighted by Crippen LogP contribution is 2.11. The molecule has 2 aromatic carbocycles. The maximum atomic E-state index is 11.8. The Kier molecular flexibility index (Phi) is 6.80. The van der Waals surface area contributed by atoms with Gasteiger partial charge < -0.3 is 4.74 Å². The van der Waals surface area contributed by atoms with Crippen molar-refractivity contribution in [3.63, 3.8) is 0 Å². The summed E-state index contributed by atoms with van der Waals surface area (Å²) in [5.41, 5.74) is 3.55. The van der Waals surface area contributed by atoms with Crippen molar-refractivity contribution in [2.45, 2.75) is 6.61 Å². The lowest BCUT2D eigenvalue weighted by Gasteiger charge is -2.07. The summed E-state index contributed by atoms with van der Waals surface area (Å²) in [5.74, 6) is 4.79. The molecule has 0 saturated heterocycles. The molecule has 0 aliphatic rings. The zero-order chi connectivity index (χ0) is 17.9. The summed E-state index contributed by atoms with van der Waals surface area (Å²) in [5, 5.41) is 11.0. The van der Waals surface area contributed by atoms with Crippen LogP contribution in [0.25, 0.3) is 0 Å². The van der Waals surface area contributed by atoms with E-state index in [2.05, 4.69) is 17.2 Å². The number of amides is 2. The number of anilines is 1. The third-order valence-corrected chi connectivity index (χ3v) is 2.97. The Morgan fingerprint density at radius 1 is 1.12 bits per heavy atom. The fourth-order valence-corrected chi connectivity index (χ4v) is 1.83. The second-order valence-electron chi connectivity index (χ2n) is 4.85. The Balaban J connectivity index is 1.90. The summed E-state index contributed by atoms with van der Waals surface area (Å²) in [4.78, 5) is 22.6. The van der Waals surface area contributed by atoms with Crippen molar-refractivity contribution in [2.75, 3.05) is 5.32 Å². The van der Waals surface area contributed by atoms with Gasteiger partial charge in [0.1, 0.15) is 6.61 Å². The van der Waals surface area contributed by atoms with Crippen molar-refractivity contribution in [1.82, 2.24) is 5.48 Å². The monoisotopic (exact) mass is 336 g/mol. The maximum absolute atomic E-state index is 11.8. The molecule has 0 saturated carbocycles. The highest BCUT2D eigenvalue weighted by atomic mass is 16.5. The molecule has 6 nitrogen and oxygen atoms in total. The van der Waals surface area contributed by atoms with Gasteiger partial charge >= 0.3 is 6.09 Å². The van der Waals surface area contributed by atoms with E-state index in [-0.39, 0.29) is 6.61 Å². The van der Waals surface area contributed by atoms with Crippen LogP contribution in [0.3, 0.4) is 0 Å². The minimum absolute atomic E-state index is 0.184. The van der Waals surface area contributed by atoms with Crippen LogP contribution in [0.1, 0.15) is 11.1 Å². The number of hydrogen-bond donors (Lipinski definition) is 3. The normalized spacial score (nSPS) is 9.80. The van der Waals surface area contributed by atoms with E-state index >= 15 is 0 Å². The van der Waals surface area contributed by atoms with Gasteiger partial charge in [-0.05, 0) is 29.8 Å². The first kappa shape index (κ1) is 17.8. The predicted octanol–water partition coefficient (Wildman–Crippen LogP) is 2.85. The molecule has 3 N–H and O–H groups in total. The summed E-state index contributed by atoms with van der Waals surface area (Å²) in [6.45, 7) is 0.184. The molecule has 0 atom stereocenters. The summed E-state index contributed by atoms with van der Waals surface area (Å²) < 4.78 is 5.14. The van der Waals surface area contributed by atoms with Gasteiger partial charge in [-0.25, -0.2) is 10.3 Å². The van der Waals surface area contributed by atoms with Crippen LogP contribution >= 0.6 is 0 Å². The van der Waals surface area contributed by atoms with Crippen molar-refractivity contribution in [2.24, 2.45) is 0 Å². The number of hydrogen-bond acceptors (Lipinski definition) is 4. The Bertz CT molecular complexity index is 820. The van der Waals surface area contributed by atoms with E-state index in [0.717, 1.165) is 11.6 Å². The Morgan fingerprint density at radius 3 is 2.68 bits per heavy atom. The average Bonchev–Trinajstić information content (AvgIpc) is 2.64. The van der Waals surface area contributed by atoms with E-state index in [4.69, 9.17) is 9.94 Å². The summed E-state index contributed by atoms with van der Waals surface area (Å²) in [7, 11) is 0. The van der Waals surface area contributed by atoms with Crippen LogP contribution in [0.15, 0.2) is 66.7 Å². The van der Waals surface area contributed by atoms with E-state index < -0.39 is 12.0 Å². The smallest absolute Gasteiger partial charge is 0.411 e. The zero-order valence-corrected chi connectivity index (χ0v) is 13.2. The molecule has 0 radical (unpaired) electrons. The fourth-order valence-electron chi connectivity index (χ4n) is 1.83. The molecule has 25 heavy (non-hydrogen) atoms. The van der Waals surface area contributed by atoms with Crippen molar-refractivity contribution < 1.29 is 19.5 Å². The quantitative estimate of drug-likeness (QED) is 0.347. The minimum Gasteiger partial charge on any atom is -0.444 e. The van der Waals surface area contributed by atoms with Crippen molar-refractivity contribution in [1.29, 1.82) is 0 Å². The SMILES string of the molecule is O=C(/C=C/C#Cc1cccc(NC(=O)OCc2ccccc2)c1)NO. The Hall–Kier alpha value is -3.56. The molecule has 6 heteroatoms. The van der Waals surface area contributed by atoms with Gasteiger partial charge in [-0.2, -0.15) is 0 Å². The second kappa shape index (κ2) is 9.55. The van der Waals surface area contributed by atoms with Crippen LogP contribution in [0, 0.1) is 11.8 Å². The molecule has 2 aromatic rings. The number of hydroxylamine groups is 1. The van der Waals surface area contributed by atoms with Crippen LogP contribution in [-0.4, -0.2) is 17.2 Å². The largest absolute Gasteiger partial charge is 0.444 e. The van der Waals surface area contributed by atoms with Crippen molar-refractivity contribution in [3.8, 4) is 11.8 Å². The Labute approximate surface area is 145 Å². The molecule has 126 valence electrons. The Morgan fingerprint density at radius 2 is 1.92 bits per heavy atom. The number of allylic oxidation sites excluding steroid dienone is 1. The molecule has 0 heterocycles. The molecule has 0 aliphatic heterocycles. The van der Waals surface area contributed by atoms with Gasteiger partial charge in [-0.3, -0.25) is 15.3 Å². The van der Waals surface area contributed by atoms with Gasteiger partial charge in [0.25, 0.3) is 5.91 Å². The number of nitrogens with one attached hydrogen (secondary N) is 2. The van der Waals surface area contributed by atoms with E-state index in [1.807, 2.05) is 30.3 Å². The van der Waals surface area contributed by atoms with Crippen LogP contribution in [-0.2, 0) is 16.1 Å². The van der Waals surface area contributed by atoms with E-state index in [0.29, 0.717) is 11.3 Å². The standard InChI is InChI=1S/C19H16N2O4/c22-18(21-24)12-5-4-7-15-10-6-11-17(13-15)20-19(23)25-14-16-8-2-1-3-9-16/h1-3,5-6,8-13,24H,14H2,(H,20,23)(H,21,22)/b12-5+. The average molecular weight is 336 g/mol. The number of carbonyl (C=O) groups is 2. The van der Waals surface area contributed by atoms with Crippen LogP contribution in [0.4, 0.5) is 10.5 Å². The summed E-state index contributed by atoms with van der Waals surface area (Å²) >= 11 is 0. The lowest BCUT2D eigenvalue weighted by atomic mass is 10.2. The van der Waals surface area contributed by atoms with Crippen molar-refractivity contribution in [3.05, 3.63) is 77.9 Å². The first-order valence-electron chi connectivity index (χ1n) is 7.37. The summed E-state index contributed by atoms with van der Waals surface area (Å²) in [6.07, 6.45) is 1.84. The molecule has 0 aromatic heterocycles. The van der Waals surface area contributed by atoms with Crippen LogP contribution in [0.2, 0.25) is 0 Å². The molecule has 0 bridgehead atoms. The van der Waals surface area contributed by atoms with Gasteiger partial charge in [0.05, 0.1) is 0 Å². The molecule has 0 fully saturated rings. The number of benzene rings is 2. The molecular weight excluding hydrogens is 320 g/mol. The van der Waals surface area contributed by atoms with E-state index in [1.165, 1.54) is 11.6 Å². The van der Waals surface area contributed by atoms with Gasteiger partial charge in [-0.15, -0.1) is 0 Å². The number of ether oxygens (including phenoxy) is 1. The zero-order valence-electron chi connectivity index (χ0n) is 13.2. The number of rotatable bonds is 4. The second-order valence-corrected chi connectivity index (χ2v) is 4.85. The molecule has 0 aliphatic carbocycles.